The fourth-order valence-electron chi connectivity index (χ4n) is 1.33. The second kappa shape index (κ2) is 4.31. The topological polar surface area (TPSA) is 56.7 Å². The van der Waals surface area contributed by atoms with E-state index in [4.69, 9.17) is 28.9 Å². The summed E-state index contributed by atoms with van der Waals surface area (Å²) in [5.41, 5.74) is 6.50. The van der Waals surface area contributed by atoms with E-state index in [9.17, 15) is 0 Å². The third kappa shape index (κ3) is 1.99. The molecule has 0 bridgehead atoms. The number of hydrogen-bond acceptors (Lipinski definition) is 3. The van der Waals surface area contributed by atoms with E-state index in [-0.39, 0.29) is 0 Å². The summed E-state index contributed by atoms with van der Waals surface area (Å²) in [4.78, 5) is 4.11. The molecule has 0 saturated carbocycles. The predicted molar refractivity (Wildman–Crippen MR) is 65.2 cm³/mol. The minimum absolute atomic E-state index is 0.343. The van der Waals surface area contributed by atoms with Gasteiger partial charge in [0.05, 0.1) is 15.7 Å². The lowest BCUT2D eigenvalue weighted by Crippen LogP contribution is -2.02. The molecule has 84 valence electrons. The SMILES string of the molecule is CCc1nc(N)n(-c2ccc(Cl)c(Cl)c2)n1. The van der Waals surface area contributed by atoms with E-state index in [0.29, 0.717) is 21.8 Å². The van der Waals surface area contributed by atoms with Gasteiger partial charge in [-0.2, -0.15) is 9.67 Å². The molecule has 0 aliphatic heterocycles. The number of halogens is 2. The number of nitrogens with zero attached hydrogens (tertiary/aromatic N) is 3. The van der Waals surface area contributed by atoms with Crippen LogP contribution in [0.15, 0.2) is 18.2 Å². The van der Waals surface area contributed by atoms with E-state index in [1.54, 1.807) is 22.9 Å². The van der Waals surface area contributed by atoms with Crippen molar-refractivity contribution in [3.63, 3.8) is 0 Å². The number of aryl methyl sites for hydroxylation is 1. The molecular formula is C10H10Cl2N4. The molecule has 0 fully saturated rings. The Hall–Kier alpha value is -1.26. The minimum atomic E-state index is 0.343. The van der Waals surface area contributed by atoms with Crippen LogP contribution in [0.4, 0.5) is 5.95 Å². The summed E-state index contributed by atoms with van der Waals surface area (Å²) in [5.74, 6) is 1.04. The van der Waals surface area contributed by atoms with Crippen LogP contribution < -0.4 is 5.73 Å². The van der Waals surface area contributed by atoms with Crippen molar-refractivity contribution in [3.05, 3.63) is 34.1 Å². The van der Waals surface area contributed by atoms with Crippen LogP contribution in [0, 0.1) is 0 Å². The zero-order valence-corrected chi connectivity index (χ0v) is 10.1. The van der Waals surface area contributed by atoms with Gasteiger partial charge in [-0.1, -0.05) is 30.1 Å². The molecular weight excluding hydrogens is 247 g/mol. The number of aromatic nitrogens is 3. The normalized spacial score (nSPS) is 10.7. The highest BCUT2D eigenvalue weighted by Crippen LogP contribution is 2.24. The maximum Gasteiger partial charge on any atom is 0.223 e. The second-order valence-electron chi connectivity index (χ2n) is 3.25. The first-order valence-corrected chi connectivity index (χ1v) is 5.54. The lowest BCUT2D eigenvalue weighted by Gasteiger charge is -2.03. The van der Waals surface area contributed by atoms with Gasteiger partial charge in [0.15, 0.2) is 5.82 Å². The molecule has 16 heavy (non-hydrogen) atoms. The largest absolute Gasteiger partial charge is 0.368 e. The van der Waals surface area contributed by atoms with Crippen LogP contribution in [0.2, 0.25) is 10.0 Å². The molecule has 1 aromatic carbocycles. The molecule has 2 rings (SSSR count). The molecule has 0 amide bonds. The van der Waals surface area contributed by atoms with Crippen LogP contribution in [-0.2, 0) is 6.42 Å². The molecule has 0 atom stereocenters. The molecule has 0 spiro atoms. The van der Waals surface area contributed by atoms with Crippen molar-refractivity contribution in [2.75, 3.05) is 5.73 Å². The minimum Gasteiger partial charge on any atom is -0.368 e. The summed E-state index contributed by atoms with van der Waals surface area (Å²) in [5, 5.41) is 5.21. The lowest BCUT2D eigenvalue weighted by molar-refractivity contribution is 0.846. The Balaban J connectivity index is 2.49. The van der Waals surface area contributed by atoms with E-state index in [0.717, 1.165) is 12.1 Å². The standard InChI is InChI=1S/C10H10Cl2N4/c1-2-9-14-10(13)16(15-9)6-3-4-7(11)8(12)5-6/h3-5H,2H2,1H3,(H2,13,14,15). The van der Waals surface area contributed by atoms with Gasteiger partial charge in [0.1, 0.15) is 0 Å². The Morgan fingerprint density at radius 1 is 1.31 bits per heavy atom. The van der Waals surface area contributed by atoms with Crippen LogP contribution in [0.3, 0.4) is 0 Å². The van der Waals surface area contributed by atoms with Crippen molar-refractivity contribution in [3.8, 4) is 5.69 Å². The molecule has 0 aliphatic rings. The summed E-state index contributed by atoms with van der Waals surface area (Å²) >= 11 is 11.8. The zero-order chi connectivity index (χ0) is 11.7. The first-order valence-electron chi connectivity index (χ1n) is 4.78. The highest BCUT2D eigenvalue weighted by atomic mass is 35.5. The zero-order valence-electron chi connectivity index (χ0n) is 8.61. The molecule has 4 nitrogen and oxygen atoms in total. The van der Waals surface area contributed by atoms with E-state index < -0.39 is 0 Å². The average Bonchev–Trinajstić information content (AvgIpc) is 2.64. The summed E-state index contributed by atoms with van der Waals surface area (Å²) in [6.07, 6.45) is 0.735. The van der Waals surface area contributed by atoms with Gasteiger partial charge in [-0.05, 0) is 18.2 Å². The Morgan fingerprint density at radius 2 is 2.06 bits per heavy atom. The Kier molecular flexibility index (Phi) is 3.03. The first kappa shape index (κ1) is 11.2. The highest BCUT2D eigenvalue weighted by Gasteiger charge is 2.08. The summed E-state index contributed by atoms with van der Waals surface area (Å²) in [6, 6.07) is 5.19. The maximum atomic E-state index is 5.92. The van der Waals surface area contributed by atoms with Crippen molar-refractivity contribution >= 4 is 29.2 Å². The lowest BCUT2D eigenvalue weighted by atomic mass is 10.3. The van der Waals surface area contributed by atoms with Crippen molar-refractivity contribution in [2.45, 2.75) is 13.3 Å². The van der Waals surface area contributed by atoms with Crippen LogP contribution in [0.25, 0.3) is 5.69 Å². The fraction of sp³-hybridized carbons (Fsp3) is 0.200. The van der Waals surface area contributed by atoms with Crippen LogP contribution in [-0.4, -0.2) is 14.8 Å². The number of anilines is 1. The number of hydrogen-bond donors (Lipinski definition) is 1. The summed E-state index contributed by atoms with van der Waals surface area (Å²) in [7, 11) is 0. The van der Waals surface area contributed by atoms with Gasteiger partial charge in [-0.3, -0.25) is 0 Å². The van der Waals surface area contributed by atoms with Crippen LogP contribution >= 0.6 is 23.2 Å². The summed E-state index contributed by atoms with van der Waals surface area (Å²) in [6.45, 7) is 1.97. The van der Waals surface area contributed by atoms with E-state index in [2.05, 4.69) is 10.1 Å². The summed E-state index contributed by atoms with van der Waals surface area (Å²) < 4.78 is 1.54. The number of rotatable bonds is 2. The van der Waals surface area contributed by atoms with Gasteiger partial charge in [0.25, 0.3) is 0 Å². The Labute approximate surface area is 103 Å². The van der Waals surface area contributed by atoms with Crippen LogP contribution in [0.5, 0.6) is 0 Å². The molecule has 6 heteroatoms. The average molecular weight is 257 g/mol. The van der Waals surface area contributed by atoms with Crippen molar-refractivity contribution in [2.24, 2.45) is 0 Å². The van der Waals surface area contributed by atoms with E-state index in [1.807, 2.05) is 6.92 Å². The van der Waals surface area contributed by atoms with Gasteiger partial charge < -0.3 is 5.73 Å². The van der Waals surface area contributed by atoms with E-state index in [1.165, 1.54) is 0 Å². The van der Waals surface area contributed by atoms with Crippen LogP contribution in [0.1, 0.15) is 12.7 Å². The smallest absolute Gasteiger partial charge is 0.223 e. The molecule has 0 aliphatic carbocycles. The highest BCUT2D eigenvalue weighted by molar-refractivity contribution is 6.42. The third-order valence-electron chi connectivity index (χ3n) is 2.14. The quantitative estimate of drug-likeness (QED) is 0.899. The monoisotopic (exact) mass is 256 g/mol. The molecule has 2 aromatic rings. The van der Waals surface area contributed by atoms with Gasteiger partial charge in [0.2, 0.25) is 5.95 Å². The first-order chi connectivity index (χ1) is 7.61. The Morgan fingerprint density at radius 3 is 2.62 bits per heavy atom. The molecule has 1 aromatic heterocycles. The van der Waals surface area contributed by atoms with Gasteiger partial charge >= 0.3 is 0 Å². The number of nitrogen functional groups attached to an aromatic ring is 1. The number of nitrogens with two attached hydrogens (primary N) is 1. The van der Waals surface area contributed by atoms with Gasteiger partial charge in [0, 0.05) is 6.42 Å². The van der Waals surface area contributed by atoms with Gasteiger partial charge in [-0.25, -0.2) is 0 Å². The third-order valence-corrected chi connectivity index (χ3v) is 2.88. The fourth-order valence-corrected chi connectivity index (χ4v) is 1.62. The van der Waals surface area contributed by atoms with Gasteiger partial charge in [-0.15, -0.1) is 5.10 Å². The molecule has 2 N–H and O–H groups in total. The molecule has 0 saturated heterocycles. The van der Waals surface area contributed by atoms with Crippen molar-refractivity contribution < 1.29 is 0 Å². The molecule has 1 heterocycles. The second-order valence-corrected chi connectivity index (χ2v) is 4.06. The molecule has 0 unspecified atom stereocenters. The maximum absolute atomic E-state index is 5.92. The number of benzene rings is 1. The Bertz CT molecular complexity index is 522. The molecule has 0 radical (unpaired) electrons. The predicted octanol–water partition coefficient (Wildman–Crippen LogP) is 2.72. The van der Waals surface area contributed by atoms with Crippen molar-refractivity contribution in [1.82, 2.24) is 14.8 Å². The van der Waals surface area contributed by atoms with Crippen molar-refractivity contribution in [1.29, 1.82) is 0 Å². The van der Waals surface area contributed by atoms with E-state index >= 15 is 0 Å².